The molecule has 0 bridgehead atoms. The number of nitrogens with one attached hydrogen (secondary N) is 1. The predicted octanol–water partition coefficient (Wildman–Crippen LogP) is 2.05. The number of rotatable bonds is 3. The normalized spacial score (nSPS) is 9.92. The van der Waals surface area contributed by atoms with Gasteiger partial charge in [-0.15, -0.1) is 12.6 Å². The topological polar surface area (TPSA) is 53.1 Å². The largest absolute Gasteiger partial charge is 0.481 e. The van der Waals surface area contributed by atoms with E-state index in [2.05, 4.69) is 17.6 Å². The Bertz CT molecular complexity index is 373. The predicted molar refractivity (Wildman–Crippen MR) is 54.8 cm³/mol. The van der Waals surface area contributed by atoms with Gasteiger partial charge in [-0.3, -0.25) is 4.79 Å². The van der Waals surface area contributed by atoms with Gasteiger partial charge < -0.3 is 10.1 Å². The van der Waals surface area contributed by atoms with Gasteiger partial charge in [0, 0.05) is 16.8 Å². The van der Waals surface area contributed by atoms with Gasteiger partial charge >= 0.3 is 5.97 Å². The molecule has 0 aliphatic rings. The highest BCUT2D eigenvalue weighted by Gasteiger charge is 2.03. The molecule has 0 radical (unpaired) electrons. The summed E-state index contributed by atoms with van der Waals surface area (Å²) in [6, 6.07) is 1.72. The molecule has 0 spiro atoms. The molecule has 0 unspecified atom stereocenters. The molecule has 1 aromatic rings. The summed E-state index contributed by atoms with van der Waals surface area (Å²) in [5.41, 5.74) is 0.776. The minimum absolute atomic E-state index is 0.0862. The van der Waals surface area contributed by atoms with Crippen LogP contribution in [0.15, 0.2) is 17.2 Å². The first-order valence-corrected chi connectivity index (χ1v) is 4.58. The quantitative estimate of drug-likeness (QED) is 0.534. The molecule has 0 saturated carbocycles. The molecule has 3 nitrogen and oxygen atoms in total. The lowest BCUT2D eigenvalue weighted by atomic mass is 10.2. The molecule has 2 N–H and O–H groups in total. The Hall–Kier alpha value is -0.810. The van der Waals surface area contributed by atoms with Crippen LogP contribution in [0.4, 0.5) is 0 Å². The maximum atomic E-state index is 10.3. The third-order valence-electron chi connectivity index (χ3n) is 1.60. The lowest BCUT2D eigenvalue weighted by molar-refractivity contribution is -0.136. The molecule has 13 heavy (non-hydrogen) atoms. The number of hydrogen-bond donors (Lipinski definition) is 3. The van der Waals surface area contributed by atoms with Gasteiger partial charge in [-0.25, -0.2) is 0 Å². The van der Waals surface area contributed by atoms with E-state index in [4.69, 9.17) is 17.3 Å². The molecule has 1 aromatic heterocycles. The van der Waals surface area contributed by atoms with Crippen LogP contribution < -0.4 is 0 Å². The van der Waals surface area contributed by atoms with Crippen LogP contribution >= 0.6 is 24.8 Å². The first-order valence-electron chi connectivity index (χ1n) is 3.72. The highest BCUT2D eigenvalue weighted by Crippen LogP contribution is 2.14. The number of carbonyl (C=O) groups is 1. The SMILES string of the molecule is O=C(O)CCc1[nH]ccc(=S)c1S. The number of aryl methyl sites for hydroxylation is 1. The van der Waals surface area contributed by atoms with E-state index in [-0.39, 0.29) is 6.42 Å². The number of pyridine rings is 1. The number of aromatic amines is 1. The summed E-state index contributed by atoms with van der Waals surface area (Å²) in [4.78, 5) is 13.9. The van der Waals surface area contributed by atoms with Crippen LogP contribution in [0.1, 0.15) is 12.1 Å². The summed E-state index contributed by atoms with van der Waals surface area (Å²) in [5, 5.41) is 8.47. The Balaban J connectivity index is 2.83. The van der Waals surface area contributed by atoms with Crippen LogP contribution in [0.2, 0.25) is 0 Å². The Kier molecular flexibility index (Phi) is 3.50. The molecule has 1 rings (SSSR count). The van der Waals surface area contributed by atoms with Crippen LogP contribution in [0.5, 0.6) is 0 Å². The number of carboxylic acid groups (broad SMARTS) is 1. The Morgan fingerprint density at radius 3 is 3.00 bits per heavy atom. The number of aromatic nitrogens is 1. The maximum Gasteiger partial charge on any atom is 0.303 e. The second kappa shape index (κ2) is 4.43. The van der Waals surface area contributed by atoms with E-state index >= 15 is 0 Å². The molecular weight excluding hydrogens is 206 g/mol. The van der Waals surface area contributed by atoms with Crippen LogP contribution in [0.3, 0.4) is 0 Å². The Labute approximate surface area is 86.2 Å². The van der Waals surface area contributed by atoms with Crippen molar-refractivity contribution in [2.75, 3.05) is 0 Å². The zero-order chi connectivity index (χ0) is 9.84. The number of thiol groups is 1. The van der Waals surface area contributed by atoms with Crippen molar-refractivity contribution in [3.05, 3.63) is 22.5 Å². The summed E-state index contributed by atoms with van der Waals surface area (Å²) in [5.74, 6) is -0.823. The third-order valence-corrected chi connectivity index (χ3v) is 2.60. The van der Waals surface area contributed by atoms with Crippen molar-refractivity contribution in [3.63, 3.8) is 0 Å². The fraction of sp³-hybridized carbons (Fsp3) is 0.250. The first kappa shape index (κ1) is 10.3. The average molecular weight is 215 g/mol. The standard InChI is InChI=1S/C8H9NO2S2/c10-7(11)2-1-5-8(13)6(12)3-4-9-5/h3-4,13H,1-2H2,(H,9,12)(H,10,11). The first-order chi connectivity index (χ1) is 6.11. The van der Waals surface area contributed by atoms with Gasteiger partial charge in [0.05, 0.1) is 10.9 Å². The van der Waals surface area contributed by atoms with E-state index in [9.17, 15) is 4.79 Å². The number of hydrogen-bond acceptors (Lipinski definition) is 3. The number of aliphatic carboxylic acids is 1. The van der Waals surface area contributed by atoms with Crippen LogP contribution in [0, 0.1) is 4.51 Å². The smallest absolute Gasteiger partial charge is 0.303 e. The van der Waals surface area contributed by atoms with Crippen molar-refractivity contribution < 1.29 is 9.90 Å². The molecule has 70 valence electrons. The van der Waals surface area contributed by atoms with Crippen molar-refractivity contribution in [1.29, 1.82) is 0 Å². The fourth-order valence-electron chi connectivity index (χ4n) is 0.936. The van der Waals surface area contributed by atoms with Crippen molar-refractivity contribution in [1.82, 2.24) is 4.98 Å². The minimum Gasteiger partial charge on any atom is -0.481 e. The summed E-state index contributed by atoms with van der Waals surface area (Å²) in [7, 11) is 0. The molecule has 0 atom stereocenters. The average Bonchev–Trinajstić information content (AvgIpc) is 2.07. The third kappa shape index (κ3) is 2.86. The minimum atomic E-state index is -0.823. The molecule has 1 heterocycles. The van der Waals surface area contributed by atoms with E-state index in [1.54, 1.807) is 12.3 Å². The second-order valence-corrected chi connectivity index (χ2v) is 3.45. The van der Waals surface area contributed by atoms with Gasteiger partial charge in [0.1, 0.15) is 0 Å². The van der Waals surface area contributed by atoms with Crippen molar-refractivity contribution in [3.8, 4) is 0 Å². The van der Waals surface area contributed by atoms with Crippen LogP contribution in [0.25, 0.3) is 0 Å². The highest BCUT2D eigenvalue weighted by atomic mass is 32.1. The van der Waals surface area contributed by atoms with E-state index < -0.39 is 5.97 Å². The lowest BCUT2D eigenvalue weighted by Gasteiger charge is -2.02. The second-order valence-electron chi connectivity index (χ2n) is 2.56. The monoisotopic (exact) mass is 215 g/mol. The van der Waals surface area contributed by atoms with Gasteiger partial charge in [0.25, 0.3) is 0 Å². The molecule has 0 amide bonds. The van der Waals surface area contributed by atoms with Gasteiger partial charge in [0.2, 0.25) is 0 Å². The van der Waals surface area contributed by atoms with Gasteiger partial charge in [-0.05, 0) is 12.5 Å². The molecule has 0 aliphatic heterocycles. The zero-order valence-electron chi connectivity index (χ0n) is 6.78. The highest BCUT2D eigenvalue weighted by molar-refractivity contribution is 7.81. The number of H-pyrrole nitrogens is 1. The summed E-state index contributed by atoms with van der Waals surface area (Å²) >= 11 is 9.16. The number of carboxylic acids is 1. The molecular formula is C8H9NO2S2. The Morgan fingerprint density at radius 2 is 2.38 bits per heavy atom. The maximum absolute atomic E-state index is 10.3. The van der Waals surface area contributed by atoms with E-state index in [1.165, 1.54) is 0 Å². The Morgan fingerprint density at radius 1 is 1.69 bits per heavy atom. The van der Waals surface area contributed by atoms with Crippen molar-refractivity contribution >= 4 is 30.8 Å². The molecule has 5 heteroatoms. The lowest BCUT2D eigenvalue weighted by Crippen LogP contribution is -2.00. The summed E-state index contributed by atoms with van der Waals surface area (Å²) in [6.45, 7) is 0. The van der Waals surface area contributed by atoms with Crippen LogP contribution in [-0.4, -0.2) is 16.1 Å². The van der Waals surface area contributed by atoms with Gasteiger partial charge in [-0.1, -0.05) is 12.2 Å². The van der Waals surface area contributed by atoms with E-state index in [0.29, 0.717) is 15.8 Å². The van der Waals surface area contributed by atoms with Crippen LogP contribution in [-0.2, 0) is 11.2 Å². The molecule has 0 aliphatic carbocycles. The molecule has 0 saturated heterocycles. The van der Waals surface area contributed by atoms with Crippen molar-refractivity contribution in [2.45, 2.75) is 17.7 Å². The van der Waals surface area contributed by atoms with Gasteiger partial charge in [0.15, 0.2) is 0 Å². The summed E-state index contributed by atoms with van der Waals surface area (Å²) in [6.07, 6.45) is 2.21. The van der Waals surface area contributed by atoms with E-state index in [0.717, 1.165) is 5.69 Å². The fourth-order valence-corrected chi connectivity index (χ4v) is 1.38. The van der Waals surface area contributed by atoms with Gasteiger partial charge in [-0.2, -0.15) is 0 Å². The van der Waals surface area contributed by atoms with Crippen molar-refractivity contribution in [2.24, 2.45) is 0 Å². The van der Waals surface area contributed by atoms with E-state index in [1.807, 2.05) is 0 Å². The molecule has 0 aromatic carbocycles. The molecule has 0 fully saturated rings. The summed E-state index contributed by atoms with van der Waals surface area (Å²) < 4.78 is 0.641. The zero-order valence-corrected chi connectivity index (χ0v) is 8.49.